The number of unbranched alkanes of at least 4 members (excludes halogenated alkanes) is 1. The van der Waals surface area contributed by atoms with Crippen LogP contribution >= 0.6 is 0 Å². The maximum Gasteiger partial charge on any atom is 0.407 e. The molecule has 2 aliphatic rings. The number of alkyl carbamates (subject to hydrolysis) is 1. The minimum Gasteiger partial charge on any atom is -0.481 e. The molecule has 4 N–H and O–H groups in total. The zero-order chi connectivity index (χ0) is 40.3. The summed E-state index contributed by atoms with van der Waals surface area (Å²) in [5, 5.41) is 17.7. The average Bonchev–Trinajstić information content (AvgIpc) is 3.51. The van der Waals surface area contributed by atoms with Gasteiger partial charge in [0.05, 0.1) is 59.3 Å². The van der Waals surface area contributed by atoms with Crippen LogP contribution in [0.25, 0.3) is 11.1 Å². The predicted molar refractivity (Wildman–Crippen MR) is 213 cm³/mol. The molecular formula is C43H59N3O11. The van der Waals surface area contributed by atoms with E-state index in [1.807, 2.05) is 36.4 Å². The summed E-state index contributed by atoms with van der Waals surface area (Å²) >= 11 is 0. The largest absolute Gasteiger partial charge is 0.481 e. The third-order valence-corrected chi connectivity index (χ3v) is 9.49. The molecule has 0 heterocycles. The first-order chi connectivity index (χ1) is 27.9. The van der Waals surface area contributed by atoms with Crippen LogP contribution in [-0.4, -0.2) is 120 Å². The van der Waals surface area contributed by atoms with Gasteiger partial charge in [-0.25, -0.2) is 4.79 Å². The van der Waals surface area contributed by atoms with E-state index in [1.54, 1.807) is 0 Å². The van der Waals surface area contributed by atoms with Crippen LogP contribution in [0.2, 0.25) is 0 Å². The maximum atomic E-state index is 12.7. The Kier molecular flexibility index (Phi) is 21.5. The number of carboxylic acids is 1. The number of carboxylic acid groups (broad SMARTS) is 1. The fraction of sp³-hybridized carbons (Fsp3) is 0.581. The van der Waals surface area contributed by atoms with Crippen LogP contribution in [0.3, 0.4) is 0 Å². The van der Waals surface area contributed by atoms with E-state index in [4.69, 9.17) is 28.4 Å². The summed E-state index contributed by atoms with van der Waals surface area (Å²) < 4.78 is 33.1. The van der Waals surface area contributed by atoms with E-state index < -0.39 is 18.1 Å². The summed E-state index contributed by atoms with van der Waals surface area (Å²) in [6.45, 7) is 3.97. The van der Waals surface area contributed by atoms with Crippen molar-refractivity contribution in [2.24, 2.45) is 0 Å². The van der Waals surface area contributed by atoms with Crippen molar-refractivity contribution >= 4 is 23.9 Å². The van der Waals surface area contributed by atoms with Crippen molar-refractivity contribution in [2.45, 2.75) is 82.3 Å². The van der Waals surface area contributed by atoms with Crippen molar-refractivity contribution in [3.05, 3.63) is 59.7 Å². The van der Waals surface area contributed by atoms with Crippen molar-refractivity contribution in [3.8, 4) is 23.0 Å². The summed E-state index contributed by atoms with van der Waals surface area (Å²) in [5.41, 5.74) is 4.46. The molecule has 0 saturated heterocycles. The molecule has 0 spiro atoms. The average molecular weight is 794 g/mol. The number of benzene rings is 2. The second-order valence-corrected chi connectivity index (χ2v) is 13.9. The topological polar surface area (TPSA) is 180 Å². The Labute approximate surface area is 336 Å². The third-order valence-electron chi connectivity index (χ3n) is 9.49. The minimum atomic E-state index is -1.01. The van der Waals surface area contributed by atoms with Gasteiger partial charge in [0.25, 0.3) is 0 Å². The molecule has 4 rings (SSSR count). The van der Waals surface area contributed by atoms with Crippen molar-refractivity contribution in [1.82, 2.24) is 16.0 Å². The highest BCUT2D eigenvalue weighted by Gasteiger charge is 2.29. The minimum absolute atomic E-state index is 0.000345. The van der Waals surface area contributed by atoms with Crippen molar-refractivity contribution < 1.29 is 52.7 Å². The lowest BCUT2D eigenvalue weighted by atomic mass is 9.98. The predicted octanol–water partition coefficient (Wildman–Crippen LogP) is 4.58. The van der Waals surface area contributed by atoms with Crippen LogP contribution in [0.15, 0.2) is 48.5 Å². The van der Waals surface area contributed by atoms with Crippen molar-refractivity contribution in [2.75, 3.05) is 79.2 Å². The van der Waals surface area contributed by atoms with Gasteiger partial charge in [0, 0.05) is 37.9 Å². The molecule has 0 radical (unpaired) electrons. The van der Waals surface area contributed by atoms with E-state index in [9.17, 15) is 24.3 Å². The van der Waals surface area contributed by atoms with Gasteiger partial charge in [-0.1, -0.05) is 60.9 Å². The molecule has 57 heavy (non-hydrogen) atoms. The Bertz CT molecular complexity index is 1550. The van der Waals surface area contributed by atoms with Gasteiger partial charge in [-0.05, 0) is 60.8 Å². The van der Waals surface area contributed by atoms with Gasteiger partial charge >= 0.3 is 12.1 Å². The smallest absolute Gasteiger partial charge is 0.407 e. The summed E-state index contributed by atoms with van der Waals surface area (Å²) in [7, 11) is 0. The molecule has 3 amide bonds. The van der Waals surface area contributed by atoms with Gasteiger partial charge in [0.2, 0.25) is 11.8 Å². The molecule has 0 fully saturated rings. The van der Waals surface area contributed by atoms with Crippen LogP contribution < -0.4 is 16.0 Å². The number of amides is 3. The molecule has 0 aliphatic heterocycles. The molecule has 312 valence electrons. The molecule has 14 nitrogen and oxygen atoms in total. The summed E-state index contributed by atoms with van der Waals surface area (Å²) in [5.74, 6) is 4.77. The molecule has 2 aliphatic carbocycles. The molecule has 0 aromatic heterocycles. The monoisotopic (exact) mass is 793 g/mol. The number of carbonyl (C=O) groups is 4. The van der Waals surface area contributed by atoms with E-state index in [-0.39, 0.29) is 56.5 Å². The van der Waals surface area contributed by atoms with Gasteiger partial charge in [-0.15, -0.1) is 5.92 Å². The van der Waals surface area contributed by atoms with E-state index >= 15 is 0 Å². The van der Waals surface area contributed by atoms with E-state index in [0.717, 1.165) is 54.4 Å². The first kappa shape index (κ1) is 45.2. The first-order valence-corrected chi connectivity index (χ1v) is 20.2. The Hall–Kier alpha value is -4.52. The molecule has 2 aromatic rings. The quantitative estimate of drug-likeness (QED) is 0.0700. The normalized spacial score (nSPS) is 15.2. The molecule has 1 unspecified atom stereocenters. The number of hydrogen-bond acceptors (Lipinski definition) is 10. The maximum absolute atomic E-state index is 12.7. The number of fused-ring (bicyclic) bond motifs is 3. The van der Waals surface area contributed by atoms with Crippen LogP contribution in [-0.2, 0) is 42.8 Å². The van der Waals surface area contributed by atoms with E-state index in [2.05, 4.69) is 39.9 Å². The second kappa shape index (κ2) is 27.2. The fourth-order valence-corrected chi connectivity index (χ4v) is 6.59. The SMILES string of the molecule is O=C(O)C[C@@H](CCCCNC(=O)CCOCCOCCOCCOCCNC(=O)COC1C#CCCCCC1)NC(=O)OCC1c2ccccc2-c2ccccc21. The number of rotatable bonds is 28. The second-order valence-electron chi connectivity index (χ2n) is 13.9. The third kappa shape index (κ3) is 18.1. The summed E-state index contributed by atoms with van der Waals surface area (Å²) in [6, 6.07) is 15.5. The van der Waals surface area contributed by atoms with E-state index in [1.165, 1.54) is 0 Å². The van der Waals surface area contributed by atoms with Gasteiger partial charge in [0.1, 0.15) is 19.3 Å². The summed E-state index contributed by atoms with van der Waals surface area (Å²) in [4.78, 5) is 48.3. The highest BCUT2D eigenvalue weighted by molar-refractivity contribution is 5.79. The van der Waals surface area contributed by atoms with E-state index in [0.29, 0.717) is 78.6 Å². The molecule has 2 atom stereocenters. The van der Waals surface area contributed by atoms with Crippen LogP contribution in [0.5, 0.6) is 0 Å². The number of hydrogen-bond donors (Lipinski definition) is 4. The van der Waals surface area contributed by atoms with Gasteiger partial charge in [-0.2, -0.15) is 0 Å². The lowest BCUT2D eigenvalue weighted by Gasteiger charge is -2.19. The number of nitrogens with one attached hydrogen (secondary N) is 3. The number of ether oxygens (including phenoxy) is 6. The van der Waals surface area contributed by atoms with Crippen LogP contribution in [0.4, 0.5) is 4.79 Å². The van der Waals surface area contributed by atoms with Gasteiger partial charge in [0.15, 0.2) is 0 Å². The molecular weight excluding hydrogens is 734 g/mol. The molecule has 0 saturated carbocycles. The fourth-order valence-electron chi connectivity index (χ4n) is 6.59. The zero-order valence-corrected chi connectivity index (χ0v) is 32.9. The standard InChI is InChI=1S/C43H59N3O11/c47-40(19-22-52-24-26-54-28-29-55-27-25-53-23-21-45-41(48)32-56-34-13-4-2-1-3-5-14-34)44-20-11-10-12-33(30-42(49)50)46-43(51)57-31-39-37-17-8-6-15-35(37)36-16-7-9-18-38(36)39/h6-9,15-18,33-34,39H,1-4,10-13,19-32H2,(H,44,47)(H,45,48)(H,46,51)(H,49,50)/t33-,34?/m1/s1. The zero-order valence-electron chi connectivity index (χ0n) is 32.9. The van der Waals surface area contributed by atoms with Crippen LogP contribution in [0, 0.1) is 11.8 Å². The lowest BCUT2D eigenvalue weighted by Crippen LogP contribution is -2.37. The molecule has 2 aromatic carbocycles. The van der Waals surface area contributed by atoms with Crippen LogP contribution in [0.1, 0.15) is 81.3 Å². The highest BCUT2D eigenvalue weighted by Crippen LogP contribution is 2.44. The van der Waals surface area contributed by atoms with Crippen molar-refractivity contribution in [3.63, 3.8) is 0 Å². The Balaban J connectivity index is 0.917. The molecule has 14 heteroatoms. The number of carbonyl (C=O) groups excluding carboxylic acids is 3. The Morgan fingerprint density at radius 3 is 2.05 bits per heavy atom. The number of aliphatic carboxylic acids is 1. The Morgan fingerprint density at radius 1 is 0.737 bits per heavy atom. The molecule has 0 bridgehead atoms. The Morgan fingerprint density at radius 2 is 1.37 bits per heavy atom. The van der Waals surface area contributed by atoms with Crippen molar-refractivity contribution in [1.29, 1.82) is 0 Å². The van der Waals surface area contributed by atoms with Gasteiger partial charge in [-0.3, -0.25) is 14.4 Å². The first-order valence-electron chi connectivity index (χ1n) is 20.2. The lowest BCUT2D eigenvalue weighted by molar-refractivity contribution is -0.137. The highest BCUT2D eigenvalue weighted by atomic mass is 16.6. The summed E-state index contributed by atoms with van der Waals surface area (Å²) in [6.07, 6.45) is 5.96. The van der Waals surface area contributed by atoms with Gasteiger partial charge < -0.3 is 49.5 Å².